The maximum absolute atomic E-state index is 13.2. The van der Waals surface area contributed by atoms with Gasteiger partial charge in [-0.3, -0.25) is 4.79 Å². The first-order valence-corrected chi connectivity index (χ1v) is 5.55. The van der Waals surface area contributed by atoms with E-state index in [1.54, 1.807) is 0 Å². The molecule has 0 radical (unpaired) electrons. The zero-order valence-corrected chi connectivity index (χ0v) is 10.3. The maximum atomic E-state index is 13.2. The van der Waals surface area contributed by atoms with Gasteiger partial charge in [-0.1, -0.05) is 17.7 Å². The third-order valence-corrected chi connectivity index (χ3v) is 2.59. The predicted octanol–water partition coefficient (Wildman–Crippen LogP) is 2.48. The fraction of sp³-hybridized carbons (Fsp3) is 0.364. The summed E-state index contributed by atoms with van der Waals surface area (Å²) in [4.78, 5) is 12.2. The van der Waals surface area contributed by atoms with Crippen molar-refractivity contribution in [1.82, 2.24) is 4.90 Å². The maximum Gasteiger partial charge on any atom is 0.406 e. The fourth-order valence-corrected chi connectivity index (χ4v) is 1.64. The Bertz CT molecular complexity index is 464. The Kier molecular flexibility index (Phi) is 5.13. The molecule has 1 aromatic rings. The number of hydrogen-bond acceptors (Lipinski definition) is 2. The molecule has 3 nitrogen and oxygen atoms in total. The molecule has 19 heavy (non-hydrogen) atoms. The first-order chi connectivity index (χ1) is 8.76. The molecule has 0 aliphatic carbocycles. The van der Waals surface area contributed by atoms with Crippen molar-refractivity contribution in [2.75, 3.05) is 19.7 Å². The van der Waals surface area contributed by atoms with Crippen LogP contribution in [0.5, 0.6) is 0 Å². The predicted molar refractivity (Wildman–Crippen MR) is 60.5 cm³/mol. The quantitative estimate of drug-likeness (QED) is 0.868. The van der Waals surface area contributed by atoms with E-state index >= 15 is 0 Å². The number of hydrogen-bond donors (Lipinski definition) is 1. The number of rotatable bonds is 4. The van der Waals surface area contributed by atoms with Gasteiger partial charge in [-0.2, -0.15) is 13.2 Å². The number of carbonyl (C=O) groups is 1. The minimum absolute atomic E-state index is 0.362. The average molecular weight is 300 g/mol. The van der Waals surface area contributed by atoms with Crippen LogP contribution < -0.4 is 0 Å². The lowest BCUT2D eigenvalue weighted by Crippen LogP contribution is -2.40. The first-order valence-electron chi connectivity index (χ1n) is 5.17. The minimum atomic E-state index is -4.62. The molecule has 0 heterocycles. The van der Waals surface area contributed by atoms with E-state index in [0.29, 0.717) is 4.90 Å². The molecular formula is C11H10ClF4NO2. The molecule has 0 unspecified atom stereocenters. The Balaban J connectivity index is 3.02. The largest absolute Gasteiger partial charge is 0.406 e. The Morgan fingerprint density at radius 3 is 2.53 bits per heavy atom. The van der Waals surface area contributed by atoms with Crippen LogP contribution in [-0.2, 0) is 0 Å². The average Bonchev–Trinajstić information content (AvgIpc) is 2.30. The molecule has 106 valence electrons. The van der Waals surface area contributed by atoms with Gasteiger partial charge < -0.3 is 10.0 Å². The van der Waals surface area contributed by atoms with Gasteiger partial charge in [0.05, 0.1) is 17.2 Å². The summed E-state index contributed by atoms with van der Waals surface area (Å²) in [6, 6.07) is 3.27. The smallest absolute Gasteiger partial charge is 0.395 e. The lowest BCUT2D eigenvalue weighted by Gasteiger charge is -2.23. The van der Waals surface area contributed by atoms with Crippen molar-refractivity contribution in [2.45, 2.75) is 6.18 Å². The van der Waals surface area contributed by atoms with Gasteiger partial charge in [0, 0.05) is 6.54 Å². The molecule has 1 aromatic carbocycles. The second kappa shape index (κ2) is 6.21. The van der Waals surface area contributed by atoms with Gasteiger partial charge in [0.1, 0.15) is 12.4 Å². The van der Waals surface area contributed by atoms with Crippen LogP contribution in [0.25, 0.3) is 0 Å². The fourth-order valence-electron chi connectivity index (χ4n) is 1.43. The summed E-state index contributed by atoms with van der Waals surface area (Å²) in [5.41, 5.74) is -0.376. The van der Waals surface area contributed by atoms with E-state index in [0.717, 1.165) is 12.1 Å². The summed E-state index contributed by atoms with van der Waals surface area (Å²) < 4.78 is 50.1. The van der Waals surface area contributed by atoms with Crippen molar-refractivity contribution in [2.24, 2.45) is 0 Å². The highest BCUT2D eigenvalue weighted by molar-refractivity contribution is 6.34. The van der Waals surface area contributed by atoms with E-state index in [2.05, 4.69) is 0 Å². The van der Waals surface area contributed by atoms with Crippen LogP contribution in [0.15, 0.2) is 18.2 Å². The third kappa shape index (κ3) is 4.36. The van der Waals surface area contributed by atoms with Crippen molar-refractivity contribution in [1.29, 1.82) is 0 Å². The van der Waals surface area contributed by atoms with E-state index in [1.807, 2.05) is 0 Å². The van der Waals surface area contributed by atoms with Crippen LogP contribution in [0.2, 0.25) is 5.02 Å². The molecule has 0 aliphatic heterocycles. The molecule has 0 spiro atoms. The Hall–Kier alpha value is -1.34. The highest BCUT2D eigenvalue weighted by Gasteiger charge is 2.33. The van der Waals surface area contributed by atoms with Crippen LogP contribution in [0, 0.1) is 5.82 Å². The molecular weight excluding hydrogens is 290 g/mol. The SMILES string of the molecule is O=C(c1cccc(F)c1Cl)N(CCO)CC(F)(F)F. The summed E-state index contributed by atoms with van der Waals surface area (Å²) in [5, 5.41) is 8.14. The number of aliphatic hydroxyl groups is 1. The topological polar surface area (TPSA) is 40.5 Å². The van der Waals surface area contributed by atoms with Crippen molar-refractivity contribution in [3.05, 3.63) is 34.6 Å². The molecule has 0 saturated heterocycles. The van der Waals surface area contributed by atoms with E-state index in [1.165, 1.54) is 6.07 Å². The zero-order chi connectivity index (χ0) is 14.6. The van der Waals surface area contributed by atoms with Gasteiger partial charge in [-0.15, -0.1) is 0 Å². The zero-order valence-electron chi connectivity index (χ0n) is 9.55. The highest BCUT2D eigenvalue weighted by Crippen LogP contribution is 2.23. The number of aliphatic hydroxyl groups excluding tert-OH is 1. The lowest BCUT2D eigenvalue weighted by molar-refractivity contribution is -0.141. The highest BCUT2D eigenvalue weighted by atomic mass is 35.5. The lowest BCUT2D eigenvalue weighted by atomic mass is 10.2. The molecule has 0 aliphatic rings. The number of amides is 1. The summed E-state index contributed by atoms with van der Waals surface area (Å²) >= 11 is 5.54. The standard InChI is InChI=1S/C11H10ClF4NO2/c12-9-7(2-1-3-8(9)13)10(19)17(4-5-18)6-11(14,15)16/h1-3,18H,4-6H2. The third-order valence-electron chi connectivity index (χ3n) is 2.21. The summed E-state index contributed by atoms with van der Waals surface area (Å²) in [7, 11) is 0. The summed E-state index contributed by atoms with van der Waals surface area (Å²) in [6.07, 6.45) is -4.62. The molecule has 1 rings (SSSR count). The van der Waals surface area contributed by atoms with Crippen LogP contribution in [0.3, 0.4) is 0 Å². The van der Waals surface area contributed by atoms with Crippen molar-refractivity contribution >= 4 is 17.5 Å². The van der Waals surface area contributed by atoms with Crippen molar-refractivity contribution in [3.8, 4) is 0 Å². The molecule has 0 fully saturated rings. The number of alkyl halides is 3. The van der Waals surface area contributed by atoms with E-state index in [9.17, 15) is 22.4 Å². The molecule has 1 N–H and O–H groups in total. The van der Waals surface area contributed by atoms with Crippen molar-refractivity contribution in [3.63, 3.8) is 0 Å². The number of nitrogens with zero attached hydrogens (tertiary/aromatic N) is 1. The van der Waals surface area contributed by atoms with Crippen LogP contribution in [-0.4, -0.2) is 41.8 Å². The van der Waals surface area contributed by atoms with Crippen LogP contribution in [0.1, 0.15) is 10.4 Å². The monoisotopic (exact) mass is 299 g/mol. The molecule has 8 heteroatoms. The molecule has 1 amide bonds. The van der Waals surface area contributed by atoms with E-state index < -0.39 is 42.6 Å². The minimum Gasteiger partial charge on any atom is -0.395 e. The van der Waals surface area contributed by atoms with E-state index in [4.69, 9.17) is 16.7 Å². The number of halogens is 5. The van der Waals surface area contributed by atoms with Crippen molar-refractivity contribution < 1.29 is 27.5 Å². The van der Waals surface area contributed by atoms with Gasteiger partial charge in [0.15, 0.2) is 0 Å². The van der Waals surface area contributed by atoms with Gasteiger partial charge in [-0.05, 0) is 12.1 Å². The molecule has 0 bridgehead atoms. The Labute approximate surface area is 111 Å². The number of carbonyl (C=O) groups excluding carboxylic acids is 1. The normalized spacial score (nSPS) is 11.5. The second-order valence-electron chi connectivity index (χ2n) is 3.67. The molecule has 0 atom stereocenters. The Morgan fingerprint density at radius 1 is 1.37 bits per heavy atom. The van der Waals surface area contributed by atoms with Gasteiger partial charge >= 0.3 is 6.18 Å². The second-order valence-corrected chi connectivity index (χ2v) is 4.04. The molecule has 0 saturated carbocycles. The first kappa shape index (κ1) is 15.7. The molecule has 0 aromatic heterocycles. The van der Waals surface area contributed by atoms with E-state index in [-0.39, 0.29) is 5.56 Å². The Morgan fingerprint density at radius 2 is 2.00 bits per heavy atom. The number of benzene rings is 1. The van der Waals surface area contributed by atoms with Gasteiger partial charge in [-0.25, -0.2) is 4.39 Å². The van der Waals surface area contributed by atoms with Crippen LogP contribution in [0.4, 0.5) is 17.6 Å². The van der Waals surface area contributed by atoms with Gasteiger partial charge in [0.2, 0.25) is 0 Å². The van der Waals surface area contributed by atoms with Gasteiger partial charge in [0.25, 0.3) is 5.91 Å². The summed E-state index contributed by atoms with van der Waals surface area (Å²) in [6.45, 7) is -2.71. The van der Waals surface area contributed by atoms with Crippen LogP contribution >= 0.6 is 11.6 Å². The summed E-state index contributed by atoms with van der Waals surface area (Å²) in [5.74, 6) is -1.99.